The van der Waals surface area contributed by atoms with Crippen molar-refractivity contribution in [2.75, 3.05) is 12.3 Å². The first-order valence-corrected chi connectivity index (χ1v) is 15.1. The number of nitrogen functional groups attached to an aromatic ring is 1. The molecule has 0 aliphatic carbocycles. The Bertz CT molecular complexity index is 1560. The molecular weight excluding hydrogens is 541 g/mol. The van der Waals surface area contributed by atoms with Crippen LogP contribution in [0.25, 0.3) is 11.2 Å². The Morgan fingerprint density at radius 2 is 1.78 bits per heavy atom. The molecule has 0 unspecified atom stereocenters. The summed E-state index contributed by atoms with van der Waals surface area (Å²) in [5.41, 5.74) is 4.77. The van der Waals surface area contributed by atoms with Crippen molar-refractivity contribution >= 4 is 41.6 Å². The largest absolute Gasteiger partial charge is 0.458 e. The van der Waals surface area contributed by atoms with Gasteiger partial charge in [-0.25, -0.2) is 4.98 Å². The van der Waals surface area contributed by atoms with E-state index in [2.05, 4.69) is 65.9 Å². The number of nitrogens with two attached hydrogens (primary N) is 1. The number of hydrogen-bond donors (Lipinski definition) is 1. The molecule has 0 radical (unpaired) electrons. The van der Waals surface area contributed by atoms with Crippen molar-refractivity contribution in [1.29, 1.82) is 0 Å². The highest BCUT2D eigenvalue weighted by atomic mass is 28.4. The van der Waals surface area contributed by atoms with Crippen LogP contribution in [0.4, 0.5) is 10.2 Å². The third-order valence-corrected chi connectivity index (χ3v) is 12.5. The van der Waals surface area contributed by atoms with E-state index in [1.807, 2.05) is 36.4 Å². The van der Waals surface area contributed by atoms with E-state index in [0.29, 0.717) is 0 Å². The number of ether oxygens (including phenoxy) is 2. The quantitative estimate of drug-likeness (QED) is 0.155. The normalized spacial score (nSPS) is 21.1. The molecule has 2 N–H and O–H groups in total. The van der Waals surface area contributed by atoms with Gasteiger partial charge in [-0.3, -0.25) is 9.36 Å². The summed E-state index contributed by atoms with van der Waals surface area (Å²) in [5.74, 6) is 2.14. The molecule has 2 aromatic heterocycles. The van der Waals surface area contributed by atoms with Gasteiger partial charge in [0.25, 0.3) is 8.32 Å². The van der Waals surface area contributed by atoms with Crippen molar-refractivity contribution in [1.82, 2.24) is 19.5 Å². The lowest BCUT2D eigenvalue weighted by Gasteiger charge is -2.44. The Morgan fingerprint density at radius 3 is 2.32 bits per heavy atom. The molecular formula is C30H32FN5O4Si. The minimum atomic E-state index is -3.02. The molecule has 0 saturated carbocycles. The zero-order chi connectivity index (χ0) is 29.4. The SMILES string of the molecule is C#C[C@]1(CO[Si](c2ccccc2)(c2ccccc2)C(C)(C)C)O[C@H](n2cnc3c(N)nc(F)nc32)C[C@@H]1OC(C)=O. The Morgan fingerprint density at radius 1 is 1.17 bits per heavy atom. The Kier molecular flexibility index (Phi) is 7.42. The molecule has 0 amide bonds. The second kappa shape index (κ2) is 10.7. The predicted molar refractivity (Wildman–Crippen MR) is 155 cm³/mol. The van der Waals surface area contributed by atoms with Crippen molar-refractivity contribution in [3.05, 3.63) is 73.1 Å². The van der Waals surface area contributed by atoms with E-state index < -0.39 is 38.3 Å². The third kappa shape index (κ3) is 4.99. The number of carbonyl (C=O) groups excluding carboxylic acids is 1. The van der Waals surface area contributed by atoms with Crippen LogP contribution in [0.1, 0.15) is 40.3 Å². The number of anilines is 1. The maximum atomic E-state index is 14.1. The maximum Gasteiger partial charge on any atom is 0.312 e. The number of halogens is 1. The number of imidazole rings is 1. The Hall–Kier alpha value is -4.11. The molecule has 1 saturated heterocycles. The molecule has 212 valence electrons. The number of nitrogens with zero attached hydrogens (tertiary/aromatic N) is 4. The molecule has 41 heavy (non-hydrogen) atoms. The van der Waals surface area contributed by atoms with Gasteiger partial charge in [0.1, 0.15) is 12.3 Å². The first-order chi connectivity index (χ1) is 19.5. The van der Waals surface area contributed by atoms with Crippen LogP contribution in [0.2, 0.25) is 5.04 Å². The third-order valence-electron chi connectivity index (χ3n) is 7.49. The van der Waals surface area contributed by atoms with Crippen LogP contribution in [0, 0.1) is 18.4 Å². The van der Waals surface area contributed by atoms with Crippen molar-refractivity contribution in [3.8, 4) is 12.3 Å². The molecule has 11 heteroatoms. The highest BCUT2D eigenvalue weighted by Gasteiger charge is 2.56. The second-order valence-corrected chi connectivity index (χ2v) is 15.4. The van der Waals surface area contributed by atoms with Gasteiger partial charge in [-0.05, 0) is 15.4 Å². The summed E-state index contributed by atoms with van der Waals surface area (Å²) in [4.78, 5) is 23.9. The number of aromatic nitrogens is 4. The van der Waals surface area contributed by atoms with Crippen molar-refractivity contribution in [2.24, 2.45) is 0 Å². The molecule has 5 rings (SSSR count). The molecule has 1 aliphatic heterocycles. The van der Waals surface area contributed by atoms with Gasteiger partial charge in [0.05, 0.1) is 12.9 Å². The molecule has 1 aliphatic rings. The van der Waals surface area contributed by atoms with E-state index in [0.717, 1.165) is 10.4 Å². The Balaban J connectivity index is 1.59. The summed E-state index contributed by atoms with van der Waals surface area (Å²) in [6.45, 7) is 7.70. The summed E-state index contributed by atoms with van der Waals surface area (Å²) >= 11 is 0. The molecule has 2 aromatic carbocycles. The van der Waals surface area contributed by atoms with Gasteiger partial charge >= 0.3 is 12.0 Å². The number of rotatable bonds is 7. The molecule has 1 fully saturated rings. The van der Waals surface area contributed by atoms with E-state index in [1.54, 1.807) is 0 Å². The van der Waals surface area contributed by atoms with Crippen LogP contribution < -0.4 is 16.1 Å². The molecule has 9 nitrogen and oxygen atoms in total. The zero-order valence-electron chi connectivity index (χ0n) is 23.4. The Labute approximate surface area is 239 Å². The van der Waals surface area contributed by atoms with Crippen LogP contribution in [-0.4, -0.2) is 52.1 Å². The molecule has 3 atom stereocenters. The monoisotopic (exact) mass is 573 g/mol. The van der Waals surface area contributed by atoms with E-state index in [1.165, 1.54) is 17.8 Å². The van der Waals surface area contributed by atoms with Gasteiger partial charge in [0.2, 0.25) is 0 Å². The van der Waals surface area contributed by atoms with Crippen LogP contribution in [-0.2, 0) is 18.7 Å². The van der Waals surface area contributed by atoms with Crippen molar-refractivity contribution in [2.45, 2.75) is 57.1 Å². The summed E-state index contributed by atoms with van der Waals surface area (Å²) < 4.78 is 35.0. The zero-order valence-corrected chi connectivity index (χ0v) is 24.4. The number of terminal acetylenes is 1. The number of carbonyl (C=O) groups is 1. The van der Waals surface area contributed by atoms with E-state index in [4.69, 9.17) is 26.1 Å². The molecule has 0 bridgehead atoms. The van der Waals surface area contributed by atoms with Gasteiger partial charge < -0.3 is 19.6 Å². The topological polar surface area (TPSA) is 114 Å². The van der Waals surface area contributed by atoms with Gasteiger partial charge in [-0.2, -0.15) is 14.4 Å². The summed E-state index contributed by atoms with van der Waals surface area (Å²) in [7, 11) is -3.02. The van der Waals surface area contributed by atoms with Crippen LogP contribution in [0.5, 0.6) is 0 Å². The first kappa shape index (κ1) is 28.4. The fourth-order valence-corrected chi connectivity index (χ4v) is 10.2. The van der Waals surface area contributed by atoms with E-state index >= 15 is 0 Å². The fourth-order valence-electron chi connectivity index (χ4n) is 5.65. The van der Waals surface area contributed by atoms with E-state index in [9.17, 15) is 9.18 Å². The number of esters is 1. The van der Waals surface area contributed by atoms with Crippen molar-refractivity contribution < 1.29 is 23.1 Å². The smallest absolute Gasteiger partial charge is 0.312 e. The summed E-state index contributed by atoms with van der Waals surface area (Å²) in [6, 6.07) is 20.2. The maximum absolute atomic E-state index is 14.1. The number of benzene rings is 2. The van der Waals surface area contributed by atoms with Crippen LogP contribution >= 0.6 is 0 Å². The lowest BCUT2D eigenvalue weighted by molar-refractivity contribution is -0.155. The fraction of sp³-hybridized carbons (Fsp3) is 0.333. The average molecular weight is 574 g/mol. The van der Waals surface area contributed by atoms with Gasteiger partial charge in [0, 0.05) is 13.3 Å². The standard InChI is InChI=1S/C30H32FN5O4Si/c1-6-30(18-38-41(29(3,4)5,21-13-9-7-10-14-21)22-15-11-8-12-16-22)23(39-20(2)37)17-24(40-30)36-19-33-25-26(32)34-28(31)35-27(25)36/h1,7-16,19,23-24H,17-18H2,2-5H3,(H2,32,34,35)/t23-,24-,30+/m0/s1. The van der Waals surface area contributed by atoms with Gasteiger partial charge in [0.15, 0.2) is 22.6 Å². The van der Waals surface area contributed by atoms with E-state index in [-0.39, 0.29) is 35.0 Å². The molecule has 3 heterocycles. The lowest BCUT2D eigenvalue weighted by Crippen LogP contribution is -2.68. The average Bonchev–Trinajstić information content (AvgIpc) is 3.51. The first-order valence-electron chi connectivity index (χ1n) is 13.2. The highest BCUT2D eigenvalue weighted by Crippen LogP contribution is 2.43. The summed E-state index contributed by atoms with van der Waals surface area (Å²) in [6.07, 6.45) is 5.10. The number of hydrogen-bond acceptors (Lipinski definition) is 8. The summed E-state index contributed by atoms with van der Waals surface area (Å²) in [5, 5.41) is 1.80. The van der Waals surface area contributed by atoms with Gasteiger partial charge in [-0.15, -0.1) is 6.42 Å². The minimum Gasteiger partial charge on any atom is -0.458 e. The van der Waals surface area contributed by atoms with Gasteiger partial charge in [-0.1, -0.05) is 87.4 Å². The van der Waals surface area contributed by atoms with Crippen molar-refractivity contribution in [3.63, 3.8) is 0 Å². The molecule has 0 spiro atoms. The van der Waals surface area contributed by atoms with Crippen LogP contribution in [0.3, 0.4) is 0 Å². The number of fused-ring (bicyclic) bond motifs is 1. The highest BCUT2D eigenvalue weighted by molar-refractivity contribution is 6.99. The minimum absolute atomic E-state index is 0.0661. The molecule has 4 aromatic rings. The lowest BCUT2D eigenvalue weighted by atomic mass is 9.98. The van der Waals surface area contributed by atoms with Crippen LogP contribution in [0.15, 0.2) is 67.0 Å². The predicted octanol–water partition coefficient (Wildman–Crippen LogP) is 3.35. The second-order valence-electron chi connectivity index (χ2n) is 11.1.